The molecule has 11 atom stereocenters. The first kappa shape index (κ1) is 82.6. The Bertz CT molecular complexity index is 3450. The van der Waals surface area contributed by atoms with Crippen LogP contribution in [0.1, 0.15) is 76.6 Å². The van der Waals surface area contributed by atoms with Crippen molar-refractivity contribution in [2.24, 2.45) is 35.3 Å². The number of aromatic amines is 1. The molecule has 7 rings (SSSR count). The molecule has 9 amide bonds. The fraction of sp³-hybridized carbons (Fsp3) is 0.657. The Morgan fingerprint density at radius 2 is 1.38 bits per heavy atom. The van der Waals surface area contributed by atoms with Gasteiger partial charge < -0.3 is 90.3 Å². The Kier molecular flexibility index (Phi) is 34.0. The molecular weight excluding hydrogens is 1390 g/mol. The number of ether oxygens (including phenoxy) is 8. The monoisotopic (exact) mass is 1490 g/mol. The van der Waals surface area contributed by atoms with Crippen LogP contribution in [0.5, 0.6) is 5.75 Å². The molecule has 10 N–H and O–H groups in total. The minimum Gasteiger partial charge on any atom is -0.496 e. The molecule has 0 spiro atoms. The number of nitrogens with one attached hydrogen (secondary N) is 6. The third-order valence-corrected chi connectivity index (χ3v) is 20.4. The predicted octanol–water partition coefficient (Wildman–Crippen LogP) is -2.09. The Labute approximate surface area is 603 Å². The highest BCUT2D eigenvalue weighted by Crippen LogP contribution is 2.37. The predicted molar refractivity (Wildman–Crippen MR) is 369 cm³/mol. The number of methoxy groups -OCH3 is 1. The van der Waals surface area contributed by atoms with Gasteiger partial charge in [-0.1, -0.05) is 39.3 Å². The van der Waals surface area contributed by atoms with E-state index in [1.807, 2.05) is 0 Å². The van der Waals surface area contributed by atoms with Gasteiger partial charge in [0.15, 0.2) is 11.6 Å². The molecule has 0 aliphatic carbocycles. The number of Topliss-reactive ketones (excluding diaryl/α,β-unsaturated/α-hetero) is 2. The van der Waals surface area contributed by atoms with Crippen LogP contribution in [0, 0.1) is 29.6 Å². The summed E-state index contributed by atoms with van der Waals surface area (Å²) in [7, 11) is -0.919. The molecule has 0 radical (unpaired) electrons. The number of carbonyl (C=O) groups is 11. The van der Waals surface area contributed by atoms with Crippen molar-refractivity contribution in [1.29, 1.82) is 0 Å². The van der Waals surface area contributed by atoms with Gasteiger partial charge in [-0.25, -0.2) is 4.68 Å². The van der Waals surface area contributed by atoms with Gasteiger partial charge in [0, 0.05) is 71.7 Å². The number of aromatic nitrogens is 4. The number of aliphatic hydroxyl groups is 2. The van der Waals surface area contributed by atoms with Crippen molar-refractivity contribution in [2.45, 2.75) is 120 Å². The maximum atomic E-state index is 15.4. The van der Waals surface area contributed by atoms with Gasteiger partial charge in [0.05, 0.1) is 179 Å². The maximum Gasteiger partial charge on any atom is 0.253 e. The van der Waals surface area contributed by atoms with Crippen molar-refractivity contribution >= 4 is 98.2 Å². The maximum absolute atomic E-state index is 15.4. The first-order valence-electron chi connectivity index (χ1n) is 34.5. The largest absolute Gasteiger partial charge is 0.496 e. The summed E-state index contributed by atoms with van der Waals surface area (Å²) in [5.41, 5.74) is 7.33. The molecule has 6 heterocycles. The first-order chi connectivity index (χ1) is 49.5. The summed E-state index contributed by atoms with van der Waals surface area (Å²) in [6.45, 7) is 9.84. The summed E-state index contributed by atoms with van der Waals surface area (Å²) in [6.07, 6.45) is 0.755. The molecule has 4 aliphatic rings. The van der Waals surface area contributed by atoms with Crippen molar-refractivity contribution in [2.75, 3.05) is 137 Å². The van der Waals surface area contributed by atoms with Crippen molar-refractivity contribution < 1.29 is 105 Å². The van der Waals surface area contributed by atoms with E-state index in [4.69, 9.17) is 43.6 Å². The number of nitrogens with zero attached hydrogens (tertiary/aromatic N) is 5. The van der Waals surface area contributed by atoms with E-state index in [2.05, 4.69) is 41.9 Å². The molecule has 0 saturated carbocycles. The third kappa shape index (κ3) is 25.0. The number of rotatable bonds is 36. The highest BCUT2D eigenvalue weighted by atomic mass is 32.2. The van der Waals surface area contributed by atoms with Crippen LogP contribution in [0.2, 0.25) is 0 Å². The van der Waals surface area contributed by atoms with Crippen molar-refractivity contribution in [3.8, 4) is 5.75 Å². The average molecular weight is 1490 g/mol. The molecule has 2 aromatic heterocycles. The number of carbonyl (C=O) groups excluding carboxylic acids is 11. The second-order valence-corrected chi connectivity index (χ2v) is 28.1. The van der Waals surface area contributed by atoms with Gasteiger partial charge in [-0.15, -0.1) is 5.10 Å². The second-order valence-electron chi connectivity index (χ2n) is 25.6. The van der Waals surface area contributed by atoms with E-state index in [0.717, 1.165) is 9.80 Å². The number of H-pyrrole nitrogens is 1. The molecule has 1 saturated heterocycles. The van der Waals surface area contributed by atoms with Gasteiger partial charge in [-0.3, -0.25) is 61.8 Å². The van der Waals surface area contributed by atoms with E-state index in [9.17, 15) is 58.2 Å². The van der Waals surface area contributed by atoms with Crippen LogP contribution in [0.3, 0.4) is 0 Å². The average Bonchev–Trinajstić information content (AvgIpc) is 1.62. The van der Waals surface area contributed by atoms with E-state index < -0.39 is 156 Å². The van der Waals surface area contributed by atoms with Crippen LogP contribution in [-0.4, -0.2) is 277 Å². The minimum absolute atomic E-state index is 0.0396. The van der Waals surface area contributed by atoms with Gasteiger partial charge in [-0.2, -0.15) is 11.8 Å². The van der Waals surface area contributed by atoms with Gasteiger partial charge in [0.1, 0.15) is 34.6 Å². The minimum atomic E-state index is -2.38. The Morgan fingerprint density at radius 1 is 0.767 bits per heavy atom. The lowest BCUT2D eigenvalue weighted by molar-refractivity contribution is -0.143. The van der Waals surface area contributed by atoms with Crippen molar-refractivity contribution in [1.82, 2.24) is 56.4 Å². The van der Waals surface area contributed by atoms with Gasteiger partial charge >= 0.3 is 0 Å². The fourth-order valence-electron chi connectivity index (χ4n) is 12.1. The highest BCUT2D eigenvalue weighted by Gasteiger charge is 2.45. The number of nitrogens with two attached hydrogens (primary N) is 1. The lowest BCUT2D eigenvalue weighted by Gasteiger charge is -2.32. The van der Waals surface area contributed by atoms with Crippen LogP contribution in [0.25, 0.3) is 10.9 Å². The van der Waals surface area contributed by atoms with E-state index in [1.54, 1.807) is 43.8 Å². The van der Waals surface area contributed by atoms with E-state index in [-0.39, 0.29) is 73.0 Å². The molecule has 1 fully saturated rings. The third-order valence-electron chi connectivity index (χ3n) is 18.0. The zero-order valence-electron chi connectivity index (χ0n) is 58.9. The summed E-state index contributed by atoms with van der Waals surface area (Å²) in [4.78, 5) is 157. The van der Waals surface area contributed by atoms with Crippen LogP contribution in [0.4, 0.5) is 0 Å². The highest BCUT2D eigenvalue weighted by molar-refractivity contribution is 7.98. The molecule has 3 aromatic rings. The van der Waals surface area contributed by atoms with E-state index in [0.29, 0.717) is 133 Å². The number of thioether (sulfide) groups is 1. The summed E-state index contributed by atoms with van der Waals surface area (Å²) in [5, 5.41) is 42.5. The summed E-state index contributed by atoms with van der Waals surface area (Å²) < 4.78 is 62.2. The SMILES string of the molecule is CC[C@H](C)[C@@H]1CC(=O)CNC(=O)[C@H]2CC(=O)[C@H]([C@@H](C)[C@@H](O)CO)NC(=O)[C@@H]3C[C@@H](C)CN3C(=O)[C@H](CC(N)=O)NC(=O)[C@H](CS(=O)c3[nH]c4c(CSCCOCCOCCOCCOCCOCCOCCOCCn5cc(CN6C(=O)C=CC6=O)nn5)c(OC)ccc4c3C2)NC(=O)CNC1=O. The summed E-state index contributed by atoms with van der Waals surface area (Å²) >= 11 is 1.46. The molecule has 36 heteroatoms. The molecule has 1 unspecified atom stereocenters. The summed E-state index contributed by atoms with van der Waals surface area (Å²) in [5.74, 6) is -12.5. The zero-order chi connectivity index (χ0) is 74.5. The number of imide groups is 1. The molecule has 570 valence electrons. The van der Waals surface area contributed by atoms with Crippen LogP contribution in [-0.2, 0) is 122 Å². The van der Waals surface area contributed by atoms with Gasteiger partial charge in [0.25, 0.3) is 11.8 Å². The number of primary amides is 1. The topological polar surface area (TPSA) is 458 Å². The van der Waals surface area contributed by atoms with Crippen LogP contribution >= 0.6 is 11.8 Å². The van der Waals surface area contributed by atoms with E-state index in [1.165, 1.54) is 37.9 Å². The number of hydrogen-bond donors (Lipinski definition) is 9. The molecule has 103 heavy (non-hydrogen) atoms. The van der Waals surface area contributed by atoms with Crippen molar-refractivity contribution in [3.05, 3.63) is 47.3 Å². The second kappa shape index (κ2) is 42.3. The van der Waals surface area contributed by atoms with Crippen LogP contribution < -0.4 is 37.1 Å². The van der Waals surface area contributed by atoms with Gasteiger partial charge in [-0.05, 0) is 42.4 Å². The molecular formula is C67H98N12O22S2. The number of amides is 9. The smallest absolute Gasteiger partial charge is 0.253 e. The number of aliphatic hydroxyl groups excluding tert-OH is 2. The number of benzene rings is 1. The lowest BCUT2D eigenvalue weighted by atomic mass is 9.85. The molecule has 4 aliphatic heterocycles. The fourth-order valence-corrected chi connectivity index (χ4v) is 14.3. The summed E-state index contributed by atoms with van der Waals surface area (Å²) in [6, 6.07) is -3.14. The lowest BCUT2D eigenvalue weighted by Crippen LogP contribution is -2.60. The normalized spacial score (nSPS) is 23.1. The molecule has 2 bridgehead atoms. The number of hydrogen-bond acceptors (Lipinski definition) is 25. The first-order valence-corrected chi connectivity index (χ1v) is 37.0. The van der Waals surface area contributed by atoms with Crippen LogP contribution in [0.15, 0.2) is 35.5 Å². The zero-order valence-corrected chi connectivity index (χ0v) is 60.5. The molecule has 1 aromatic carbocycles. The Balaban J connectivity index is 0.955. The number of ketones is 2. The Hall–Kier alpha value is -7.65. The Morgan fingerprint density at radius 3 is 1.98 bits per heavy atom. The number of fused-ring (bicyclic) bond motifs is 5. The standard InChI is InChI=1S/C67H98N12O22S2/c1-6-41(3)47-30-45(81)32-69-62(88)43-28-48-46-7-8-55(94-5)49(38-102-26-25-101-24-23-100-22-21-99-20-19-98-18-17-97-16-15-96-14-13-95-12-11-77-35-44(75-76-77)36-79-58(86)9-10-59(79)87)61(46)74-66(48)103(93)39-51(71-57(85)33-70-63(47)89)64(90)72-50(31-56(68)84)67(92)78-34-40(2)27-52(78)65(91)73-60(53(82)29-43)42(4)54(83)37-80/h7-10,35,40-43,47,50-52,54,60,74,80,83H,6,11-34,36-39H2,1-5H3,(H2,68,84)(H,69,88)(H,70,89)(H,71,85)(H,72,90)(H,73,91)/t40-,41+,42+,43-,47+,50+,51+,52+,54+,60+,103?/m1/s1. The van der Waals surface area contributed by atoms with Gasteiger partial charge in [0.2, 0.25) is 41.4 Å². The molecule has 34 nitrogen and oxygen atoms in total. The van der Waals surface area contributed by atoms with E-state index >= 15 is 9.00 Å². The quantitative estimate of drug-likeness (QED) is 0.0222. The van der Waals surface area contributed by atoms with Crippen molar-refractivity contribution in [3.63, 3.8) is 0 Å².